The van der Waals surface area contributed by atoms with Gasteiger partial charge >= 0.3 is 0 Å². The summed E-state index contributed by atoms with van der Waals surface area (Å²) in [6.45, 7) is 4.08. The van der Waals surface area contributed by atoms with Gasteiger partial charge in [0.05, 0.1) is 12.3 Å². The van der Waals surface area contributed by atoms with Crippen LogP contribution in [0.1, 0.15) is 68.3 Å². The van der Waals surface area contributed by atoms with Crippen LogP contribution in [0.4, 0.5) is 0 Å². The Balaban J connectivity index is 1.79. The smallest absolute Gasteiger partial charge is 0.297 e. The number of aliphatic hydroxyl groups excluding tert-OH is 1. The minimum atomic E-state index is -2.06. The second kappa shape index (κ2) is 8.15. The molecule has 0 aliphatic heterocycles. The van der Waals surface area contributed by atoms with E-state index in [0.29, 0.717) is 5.92 Å². The van der Waals surface area contributed by atoms with Crippen LogP contribution >= 0.6 is 0 Å². The lowest BCUT2D eigenvalue weighted by Gasteiger charge is -2.42. The van der Waals surface area contributed by atoms with E-state index < -0.39 is 40.3 Å². The summed E-state index contributed by atoms with van der Waals surface area (Å²) in [6, 6.07) is 0. The maximum atomic E-state index is 13.7. The number of Topliss-reactive ketones (excluding diaryl/α,β-unsaturated/α-hetero) is 2. The van der Waals surface area contributed by atoms with E-state index in [-0.39, 0.29) is 53.1 Å². The van der Waals surface area contributed by atoms with Gasteiger partial charge in [0.2, 0.25) is 0 Å². The van der Waals surface area contributed by atoms with Gasteiger partial charge in [0.15, 0.2) is 5.78 Å². The molecule has 1 heterocycles. The Labute approximate surface area is 186 Å². The van der Waals surface area contributed by atoms with Gasteiger partial charge in [-0.15, -0.1) is 0 Å². The van der Waals surface area contributed by atoms with E-state index in [1.807, 2.05) is 13.0 Å². The number of aromatic nitrogens is 1. The zero-order chi connectivity index (χ0) is 23.4. The van der Waals surface area contributed by atoms with E-state index in [1.165, 1.54) is 0 Å². The summed E-state index contributed by atoms with van der Waals surface area (Å²) in [4.78, 5) is 38.2. The Morgan fingerprint density at radius 3 is 2.59 bits per heavy atom. The number of aliphatic hydroxyl groups is 2. The van der Waals surface area contributed by atoms with Gasteiger partial charge in [-0.05, 0) is 42.9 Å². The molecule has 0 amide bonds. The van der Waals surface area contributed by atoms with Crippen molar-refractivity contribution in [2.75, 3.05) is 0 Å². The first kappa shape index (κ1) is 22.7. The summed E-state index contributed by atoms with van der Waals surface area (Å²) in [5.74, 6) is -1.47. The van der Waals surface area contributed by atoms with Gasteiger partial charge in [-0.25, -0.2) is 0 Å². The summed E-state index contributed by atoms with van der Waals surface area (Å²) < 4.78 is 0.174. The van der Waals surface area contributed by atoms with Crippen LogP contribution in [0.5, 0.6) is 5.75 Å². The van der Waals surface area contributed by atoms with Crippen LogP contribution in [0.2, 0.25) is 0 Å². The molecule has 4 N–H and O–H groups in total. The van der Waals surface area contributed by atoms with Gasteiger partial charge in [-0.2, -0.15) is 4.73 Å². The molecule has 0 radical (unpaired) electrons. The normalized spacial score (nSPS) is 37.2. The van der Waals surface area contributed by atoms with Gasteiger partial charge in [-0.3, -0.25) is 14.4 Å². The molecule has 2 saturated carbocycles. The molecule has 4 rings (SSSR count). The number of pyridine rings is 1. The van der Waals surface area contributed by atoms with Crippen LogP contribution in [0.25, 0.3) is 0 Å². The Hall–Kier alpha value is -2.45. The predicted octanol–water partition coefficient (Wildman–Crippen LogP) is 2.15. The average Bonchev–Trinajstić information content (AvgIpc) is 2.73. The largest absolute Gasteiger partial charge is 0.507 e. The Bertz CT molecular complexity index is 1030. The molecular weight excluding hydrogens is 414 g/mol. The molecule has 7 atom stereocenters. The highest BCUT2D eigenvalue weighted by molar-refractivity contribution is 6.01. The molecule has 1 aromatic rings. The molecule has 0 spiro atoms. The number of hydrogen-bond acceptors (Lipinski definition) is 7. The number of carbonyl (C=O) groups is 2. The fraction of sp³-hybridized carbons (Fsp3) is 0.625. The summed E-state index contributed by atoms with van der Waals surface area (Å²) in [5, 5.41) is 42.7. The summed E-state index contributed by atoms with van der Waals surface area (Å²) in [7, 11) is 0. The number of ketones is 2. The van der Waals surface area contributed by atoms with Gasteiger partial charge in [0.25, 0.3) is 5.56 Å². The number of aromatic hydroxyl groups is 1. The van der Waals surface area contributed by atoms with Crippen molar-refractivity contribution in [2.24, 2.45) is 29.6 Å². The van der Waals surface area contributed by atoms with Crippen molar-refractivity contribution in [1.29, 1.82) is 0 Å². The van der Waals surface area contributed by atoms with Crippen molar-refractivity contribution in [3.63, 3.8) is 0 Å². The second-order valence-corrected chi connectivity index (χ2v) is 9.98. The third kappa shape index (κ3) is 3.59. The van der Waals surface area contributed by atoms with Crippen molar-refractivity contribution >= 4 is 11.6 Å². The number of fused-ring (bicyclic) bond motifs is 1. The molecule has 8 heteroatoms. The molecule has 3 aliphatic carbocycles. The van der Waals surface area contributed by atoms with Crippen molar-refractivity contribution in [2.45, 2.75) is 64.1 Å². The van der Waals surface area contributed by atoms with Crippen molar-refractivity contribution in [3.05, 3.63) is 39.8 Å². The SMILES string of the molecule is CC1CCC2C(C=CC(C)C2C(=O)c2c(O)c(C3(O)CCC(=O)CC3O)cn(O)c2=O)C1. The molecule has 2 fully saturated rings. The van der Waals surface area contributed by atoms with Gasteiger partial charge < -0.3 is 20.5 Å². The molecule has 174 valence electrons. The summed E-state index contributed by atoms with van der Waals surface area (Å²) in [5.41, 5.74) is -4.03. The summed E-state index contributed by atoms with van der Waals surface area (Å²) >= 11 is 0. The van der Waals surface area contributed by atoms with E-state index in [4.69, 9.17) is 0 Å². The van der Waals surface area contributed by atoms with Crippen LogP contribution in [-0.4, -0.2) is 42.9 Å². The molecule has 3 aliphatic rings. The van der Waals surface area contributed by atoms with Crippen molar-refractivity contribution in [1.82, 2.24) is 4.73 Å². The first-order valence-electron chi connectivity index (χ1n) is 11.4. The zero-order valence-corrected chi connectivity index (χ0v) is 18.4. The van der Waals surface area contributed by atoms with Crippen molar-refractivity contribution < 1.29 is 30.1 Å². The minimum absolute atomic E-state index is 0.0225. The number of rotatable bonds is 3. The molecule has 32 heavy (non-hydrogen) atoms. The lowest BCUT2D eigenvalue weighted by Crippen LogP contribution is -2.46. The highest BCUT2D eigenvalue weighted by Crippen LogP contribution is 2.47. The third-order valence-electron chi connectivity index (χ3n) is 7.84. The van der Waals surface area contributed by atoms with Gasteiger partial charge in [0.1, 0.15) is 22.7 Å². The maximum absolute atomic E-state index is 13.7. The number of hydrogen-bond donors (Lipinski definition) is 4. The molecule has 7 unspecified atom stereocenters. The van der Waals surface area contributed by atoms with Crippen LogP contribution in [0.15, 0.2) is 23.1 Å². The molecular formula is C24H31NO7. The third-order valence-corrected chi connectivity index (χ3v) is 7.84. The van der Waals surface area contributed by atoms with Crippen molar-refractivity contribution in [3.8, 4) is 5.75 Å². The highest BCUT2D eigenvalue weighted by Gasteiger charge is 2.47. The predicted molar refractivity (Wildman–Crippen MR) is 114 cm³/mol. The molecule has 0 saturated heterocycles. The molecule has 0 bridgehead atoms. The van der Waals surface area contributed by atoms with Crippen LogP contribution in [0.3, 0.4) is 0 Å². The average molecular weight is 446 g/mol. The Kier molecular flexibility index (Phi) is 5.79. The number of allylic oxidation sites excluding steroid dienone is 2. The first-order chi connectivity index (χ1) is 15.0. The van der Waals surface area contributed by atoms with Crippen LogP contribution < -0.4 is 5.56 Å². The van der Waals surface area contributed by atoms with Crippen LogP contribution in [0, 0.1) is 29.6 Å². The molecule has 1 aromatic heterocycles. The lowest BCUT2D eigenvalue weighted by molar-refractivity contribution is -0.143. The van der Waals surface area contributed by atoms with E-state index >= 15 is 0 Å². The zero-order valence-electron chi connectivity index (χ0n) is 18.4. The number of nitrogens with zero attached hydrogens (tertiary/aromatic N) is 1. The summed E-state index contributed by atoms with van der Waals surface area (Å²) in [6.07, 6.45) is 5.61. The fourth-order valence-electron chi connectivity index (χ4n) is 5.97. The van der Waals surface area contributed by atoms with E-state index in [0.717, 1.165) is 25.5 Å². The van der Waals surface area contributed by atoms with Crippen LogP contribution in [-0.2, 0) is 10.4 Å². The second-order valence-electron chi connectivity index (χ2n) is 9.98. The lowest BCUT2D eigenvalue weighted by atomic mass is 9.61. The Morgan fingerprint density at radius 2 is 1.91 bits per heavy atom. The highest BCUT2D eigenvalue weighted by atomic mass is 16.5. The monoisotopic (exact) mass is 445 g/mol. The topological polar surface area (TPSA) is 137 Å². The standard InChI is InChI=1S/C24H31NO7/c1-12-3-6-16-14(9-12)5-4-13(2)19(16)22(29)20-21(28)17(11-25(32)23(20)30)24(31)8-7-15(26)10-18(24)27/h4-5,11-14,16,18-19,27-28,31-32H,3,6-10H2,1-2H3. The van der Waals surface area contributed by atoms with E-state index in [1.54, 1.807) is 0 Å². The maximum Gasteiger partial charge on any atom is 0.297 e. The van der Waals surface area contributed by atoms with Gasteiger partial charge in [-0.1, -0.05) is 32.4 Å². The molecule has 0 aromatic carbocycles. The number of carbonyl (C=O) groups excluding carboxylic acids is 2. The van der Waals surface area contributed by atoms with Gasteiger partial charge in [0, 0.05) is 24.3 Å². The quantitative estimate of drug-likeness (QED) is 0.318. The minimum Gasteiger partial charge on any atom is -0.507 e. The Morgan fingerprint density at radius 1 is 1.19 bits per heavy atom. The van der Waals surface area contributed by atoms with E-state index in [2.05, 4.69) is 13.0 Å². The fourth-order valence-corrected chi connectivity index (χ4v) is 5.97. The molecule has 8 nitrogen and oxygen atoms in total. The first-order valence-corrected chi connectivity index (χ1v) is 11.4. The van der Waals surface area contributed by atoms with E-state index in [9.17, 15) is 34.9 Å².